The van der Waals surface area contributed by atoms with E-state index < -0.39 is 22.9 Å². The van der Waals surface area contributed by atoms with E-state index >= 15 is 0 Å². The molecule has 0 radical (unpaired) electrons. The standard InChI is InChI=1S/C24H27N3O6/c1-13(2)27-16-9-7-6-8-15(16)24(23(27)30)18-17(33-20(25)19(24)22(29)32-5)12-14(3)26(21(18)28)10-11-31-4/h6-9,12-13H,10-11,25H2,1-5H3. The van der Waals surface area contributed by atoms with Crippen LogP contribution in [0, 0.1) is 6.92 Å². The molecule has 1 aromatic heterocycles. The van der Waals surface area contributed by atoms with Crippen LogP contribution in [-0.2, 0) is 31.0 Å². The van der Waals surface area contributed by atoms with E-state index in [1.54, 1.807) is 49.3 Å². The number of fused-ring (bicyclic) bond motifs is 4. The number of rotatable bonds is 5. The van der Waals surface area contributed by atoms with Crippen molar-refractivity contribution in [2.24, 2.45) is 5.73 Å². The van der Waals surface area contributed by atoms with Gasteiger partial charge in [-0.05, 0) is 26.8 Å². The van der Waals surface area contributed by atoms with Gasteiger partial charge in [-0.25, -0.2) is 4.79 Å². The molecule has 2 aliphatic rings. The minimum atomic E-state index is -1.80. The van der Waals surface area contributed by atoms with Crippen molar-refractivity contribution in [1.82, 2.24) is 4.57 Å². The zero-order chi connectivity index (χ0) is 24.1. The van der Waals surface area contributed by atoms with Crippen molar-refractivity contribution >= 4 is 17.6 Å². The number of aromatic nitrogens is 1. The number of methoxy groups -OCH3 is 2. The van der Waals surface area contributed by atoms with E-state index in [0.29, 0.717) is 16.9 Å². The highest BCUT2D eigenvalue weighted by Crippen LogP contribution is 2.55. The number of nitrogens with two attached hydrogens (primary N) is 1. The van der Waals surface area contributed by atoms with Gasteiger partial charge in [0, 0.05) is 42.7 Å². The Morgan fingerprint density at radius 2 is 1.91 bits per heavy atom. The van der Waals surface area contributed by atoms with Crippen LogP contribution in [0.15, 0.2) is 46.6 Å². The number of aryl methyl sites for hydroxylation is 1. The Labute approximate surface area is 191 Å². The van der Waals surface area contributed by atoms with Crippen LogP contribution in [-0.4, -0.2) is 43.3 Å². The molecule has 0 bridgehead atoms. The molecule has 174 valence electrons. The van der Waals surface area contributed by atoms with E-state index in [1.807, 2.05) is 13.8 Å². The molecule has 2 aliphatic heterocycles. The number of esters is 1. The number of hydrogen-bond donors (Lipinski definition) is 1. The molecule has 1 amide bonds. The second kappa shape index (κ2) is 8.08. The fraction of sp³-hybridized carbons (Fsp3) is 0.375. The molecule has 4 rings (SSSR count). The lowest BCUT2D eigenvalue weighted by atomic mass is 9.68. The Bertz CT molecular complexity index is 1250. The summed E-state index contributed by atoms with van der Waals surface area (Å²) in [5.74, 6) is -1.41. The van der Waals surface area contributed by atoms with Crippen molar-refractivity contribution < 1.29 is 23.8 Å². The van der Waals surface area contributed by atoms with Crippen LogP contribution < -0.4 is 20.9 Å². The van der Waals surface area contributed by atoms with Crippen LogP contribution >= 0.6 is 0 Å². The SMILES string of the molecule is COCCn1c(C)cc2c(c1=O)C1(C(=O)N(C(C)C)c3ccccc31)C(C(=O)OC)=C(N)O2. The molecule has 3 heterocycles. The first-order chi connectivity index (χ1) is 15.7. The Balaban J connectivity index is 2.18. The van der Waals surface area contributed by atoms with E-state index in [4.69, 9.17) is 19.9 Å². The predicted octanol–water partition coefficient (Wildman–Crippen LogP) is 1.58. The van der Waals surface area contributed by atoms with Crippen molar-refractivity contribution in [3.8, 4) is 5.75 Å². The summed E-state index contributed by atoms with van der Waals surface area (Å²) in [5, 5.41) is 0. The van der Waals surface area contributed by atoms with Gasteiger partial charge in [-0.15, -0.1) is 0 Å². The first-order valence-electron chi connectivity index (χ1n) is 10.6. The Kier molecular flexibility index (Phi) is 5.53. The van der Waals surface area contributed by atoms with Crippen LogP contribution in [0.2, 0.25) is 0 Å². The normalized spacial score (nSPS) is 19.1. The molecule has 2 N–H and O–H groups in total. The van der Waals surface area contributed by atoms with Crippen LogP contribution in [0.4, 0.5) is 5.69 Å². The third-order valence-electron chi connectivity index (χ3n) is 6.22. The number of carbonyl (C=O) groups is 2. The van der Waals surface area contributed by atoms with E-state index in [9.17, 15) is 14.4 Å². The van der Waals surface area contributed by atoms with Gasteiger partial charge in [0.1, 0.15) is 16.7 Å². The fourth-order valence-electron chi connectivity index (χ4n) is 4.86. The highest BCUT2D eigenvalue weighted by Gasteiger charge is 2.62. The molecule has 1 unspecified atom stereocenters. The van der Waals surface area contributed by atoms with Gasteiger partial charge in [-0.3, -0.25) is 9.59 Å². The lowest BCUT2D eigenvalue weighted by Crippen LogP contribution is -2.53. The van der Waals surface area contributed by atoms with Gasteiger partial charge in [0.2, 0.25) is 11.8 Å². The number of ether oxygens (including phenoxy) is 3. The maximum atomic E-state index is 14.3. The minimum Gasteiger partial charge on any atom is -0.465 e. The summed E-state index contributed by atoms with van der Waals surface area (Å²) in [5.41, 5.74) is 5.52. The van der Waals surface area contributed by atoms with Crippen LogP contribution in [0.25, 0.3) is 0 Å². The summed E-state index contributed by atoms with van der Waals surface area (Å²) in [7, 11) is 2.74. The zero-order valence-corrected chi connectivity index (χ0v) is 19.3. The highest BCUT2D eigenvalue weighted by molar-refractivity contribution is 6.18. The van der Waals surface area contributed by atoms with Crippen LogP contribution in [0.1, 0.15) is 30.7 Å². The maximum absolute atomic E-state index is 14.3. The molecule has 9 heteroatoms. The van der Waals surface area contributed by atoms with E-state index in [0.717, 1.165) is 0 Å². The number of nitrogens with zero attached hydrogens (tertiary/aromatic N) is 2. The molecule has 1 aromatic carbocycles. The topological polar surface area (TPSA) is 113 Å². The fourth-order valence-corrected chi connectivity index (χ4v) is 4.86. The molecular formula is C24H27N3O6. The number of amides is 1. The largest absolute Gasteiger partial charge is 0.465 e. The van der Waals surface area contributed by atoms with Gasteiger partial charge in [-0.2, -0.15) is 0 Å². The molecule has 9 nitrogen and oxygen atoms in total. The third kappa shape index (κ3) is 2.99. The summed E-state index contributed by atoms with van der Waals surface area (Å²) in [6.45, 7) is 6.04. The van der Waals surface area contributed by atoms with Gasteiger partial charge in [0.25, 0.3) is 5.56 Å². The lowest BCUT2D eigenvalue weighted by molar-refractivity contribution is -0.138. The molecule has 2 aromatic rings. The first-order valence-corrected chi connectivity index (χ1v) is 10.6. The zero-order valence-electron chi connectivity index (χ0n) is 19.3. The van der Waals surface area contributed by atoms with Gasteiger partial charge in [0.05, 0.1) is 19.3 Å². The molecule has 0 fully saturated rings. The number of hydrogen-bond acceptors (Lipinski definition) is 7. The average molecular weight is 453 g/mol. The van der Waals surface area contributed by atoms with E-state index in [2.05, 4.69) is 0 Å². The van der Waals surface area contributed by atoms with Crippen LogP contribution in [0.3, 0.4) is 0 Å². The molecule has 0 aliphatic carbocycles. The first kappa shape index (κ1) is 22.6. The number of anilines is 1. The number of pyridine rings is 1. The lowest BCUT2D eigenvalue weighted by Gasteiger charge is -2.36. The molecule has 0 saturated heterocycles. The smallest absolute Gasteiger partial charge is 0.340 e. The number of benzene rings is 1. The minimum absolute atomic E-state index is 0.0411. The van der Waals surface area contributed by atoms with Gasteiger partial charge in [-0.1, -0.05) is 18.2 Å². The van der Waals surface area contributed by atoms with Crippen molar-refractivity contribution in [3.63, 3.8) is 0 Å². The summed E-state index contributed by atoms with van der Waals surface area (Å²) in [4.78, 5) is 42.9. The van der Waals surface area contributed by atoms with Gasteiger partial charge in [0.15, 0.2) is 0 Å². The Morgan fingerprint density at radius 1 is 1.21 bits per heavy atom. The van der Waals surface area contributed by atoms with Crippen molar-refractivity contribution in [1.29, 1.82) is 0 Å². The molecular weight excluding hydrogens is 426 g/mol. The molecule has 0 saturated carbocycles. The monoisotopic (exact) mass is 453 g/mol. The van der Waals surface area contributed by atoms with Crippen molar-refractivity contribution in [2.75, 3.05) is 25.7 Å². The van der Waals surface area contributed by atoms with Gasteiger partial charge >= 0.3 is 5.97 Å². The number of para-hydroxylation sites is 1. The van der Waals surface area contributed by atoms with Crippen LogP contribution in [0.5, 0.6) is 5.75 Å². The van der Waals surface area contributed by atoms with Gasteiger partial charge < -0.3 is 29.4 Å². The quantitative estimate of drug-likeness (QED) is 0.684. The second-order valence-corrected chi connectivity index (χ2v) is 8.34. The van der Waals surface area contributed by atoms with Crippen molar-refractivity contribution in [3.05, 3.63) is 69.0 Å². The summed E-state index contributed by atoms with van der Waals surface area (Å²) < 4.78 is 17.5. The summed E-state index contributed by atoms with van der Waals surface area (Å²) in [6, 6.07) is 8.50. The predicted molar refractivity (Wildman–Crippen MR) is 121 cm³/mol. The maximum Gasteiger partial charge on any atom is 0.340 e. The molecule has 1 spiro atoms. The van der Waals surface area contributed by atoms with Crippen molar-refractivity contribution in [2.45, 2.75) is 38.8 Å². The second-order valence-electron chi connectivity index (χ2n) is 8.34. The molecule has 33 heavy (non-hydrogen) atoms. The summed E-state index contributed by atoms with van der Waals surface area (Å²) in [6.07, 6.45) is 0. The molecule has 1 atom stereocenters. The number of carbonyl (C=O) groups excluding carboxylic acids is 2. The van der Waals surface area contributed by atoms with E-state index in [1.165, 1.54) is 11.7 Å². The third-order valence-corrected chi connectivity index (χ3v) is 6.22. The Hall–Kier alpha value is -3.59. The Morgan fingerprint density at radius 3 is 2.55 bits per heavy atom. The highest BCUT2D eigenvalue weighted by atomic mass is 16.5. The average Bonchev–Trinajstić information content (AvgIpc) is 3.02. The summed E-state index contributed by atoms with van der Waals surface area (Å²) >= 11 is 0. The van der Waals surface area contributed by atoms with E-state index in [-0.39, 0.29) is 42.0 Å².